The van der Waals surface area contributed by atoms with Gasteiger partial charge in [-0.05, 0) is 149 Å². The second-order valence-corrected chi connectivity index (χ2v) is 27.7. The number of nitrogens with zero attached hydrogens (tertiary/aromatic N) is 18. The molecule has 12 aromatic rings. The molecule has 1 unspecified atom stereocenters. The zero-order valence-corrected chi connectivity index (χ0v) is 61.9. The predicted molar refractivity (Wildman–Crippen MR) is 417 cm³/mol. The highest BCUT2D eigenvalue weighted by Crippen LogP contribution is 2.31. The molecule has 15 heterocycles. The van der Waals surface area contributed by atoms with E-state index in [1.165, 1.54) is 22.9 Å². The van der Waals surface area contributed by atoms with Crippen LogP contribution < -0.4 is 30.7 Å². The molecule has 0 saturated carbocycles. The van der Waals surface area contributed by atoms with E-state index in [2.05, 4.69) is 121 Å². The minimum absolute atomic E-state index is 0. The van der Waals surface area contributed by atoms with E-state index in [-0.39, 0.29) is 55.4 Å². The third-order valence-corrected chi connectivity index (χ3v) is 19.4. The van der Waals surface area contributed by atoms with Crippen LogP contribution in [0, 0.1) is 0 Å². The lowest BCUT2D eigenvalue weighted by molar-refractivity contribution is -0.120. The van der Waals surface area contributed by atoms with Crippen LogP contribution in [0.2, 0.25) is 0 Å². The molecule has 3 atom stereocenters. The Morgan fingerprint density at radius 3 is 0.943 bits per heavy atom. The number of pyridine rings is 6. The first-order valence-electron chi connectivity index (χ1n) is 35.8. The Balaban J connectivity index is 0.000000155. The SMILES string of the molecule is C.CNC1CCN(c2ccc(Cc3nccc(-c4ccn5ncc(C(C)C)c5c4)n3)nc2)C(=O)C1.CN[C@@H]1CCN(c2ccc(Cc3nccc(-c4ccn5ncc(C(C)C)c5c4)n3)nc2)C(=O)C1.CN[C@H]1CCN(c2ccc(Cc3nccc(-c4ccn5ncc(C(C)C)c5c4)n3)nc2)C(=O)C1.CSF. The molecule has 0 radical (unpaired) electrons. The third kappa shape index (κ3) is 18.3. The highest BCUT2D eigenvalue weighted by molar-refractivity contribution is 7.93. The molecule has 0 bridgehead atoms. The van der Waals surface area contributed by atoms with Crippen molar-refractivity contribution in [2.45, 2.75) is 143 Å². The van der Waals surface area contributed by atoms with Gasteiger partial charge in [-0.15, -0.1) is 0 Å². The molecular formula is C80H94FN21O3S. The first kappa shape index (κ1) is 76.5. The standard InChI is InChI=1S/3C26H29N7O.CH3FS.CH4/c3*1-17(2)22-16-30-33-11-7-18(12-24(22)33)23-6-9-28-25(31-23)13-20-4-5-21(15-29-20)32-10-8-19(27-3)14-26(32)34;1-3-2;/h3*4-7,9,11-12,15-17,19,27H,8,10,13-14H2,1-3H3;1H3;1H4/t2*19-;;;/m10.../s1. The zero-order chi connectivity index (χ0) is 73.7. The van der Waals surface area contributed by atoms with Crippen molar-refractivity contribution in [1.82, 2.24) is 89.6 Å². The summed E-state index contributed by atoms with van der Waals surface area (Å²) in [7, 11) is 5.71. The molecule has 3 N–H and O–H groups in total. The van der Waals surface area contributed by atoms with Crippen LogP contribution in [0.5, 0.6) is 0 Å². The fourth-order valence-corrected chi connectivity index (χ4v) is 13.3. The maximum absolute atomic E-state index is 12.5. The number of hydrogen-bond acceptors (Lipinski definition) is 19. The normalized spacial score (nSPS) is 16.1. The Kier molecular flexibility index (Phi) is 25.5. The lowest BCUT2D eigenvalue weighted by Gasteiger charge is -2.31. The first-order chi connectivity index (χ1) is 51.0. The lowest BCUT2D eigenvalue weighted by atomic mass is 10.0. The van der Waals surface area contributed by atoms with Crippen molar-refractivity contribution in [2.75, 3.05) is 61.7 Å². The van der Waals surface area contributed by atoms with Gasteiger partial charge in [0.1, 0.15) is 17.5 Å². The van der Waals surface area contributed by atoms with E-state index >= 15 is 0 Å². The smallest absolute Gasteiger partial charge is 0.228 e. The van der Waals surface area contributed by atoms with Crippen LogP contribution in [0.1, 0.15) is 156 Å². The monoisotopic (exact) mass is 1450 g/mol. The molecule has 106 heavy (non-hydrogen) atoms. The van der Waals surface area contributed by atoms with E-state index in [1.807, 2.05) is 159 Å². The quantitative estimate of drug-likeness (QED) is 0.0720. The Morgan fingerprint density at radius 1 is 0.425 bits per heavy atom. The molecule has 0 spiro atoms. The molecular weight excluding hydrogens is 1350 g/mol. The predicted octanol–water partition coefficient (Wildman–Crippen LogP) is 12.7. The molecule has 3 amide bonds. The maximum atomic E-state index is 12.5. The number of hydrogen-bond donors (Lipinski definition) is 3. The molecule has 0 aliphatic carbocycles. The summed E-state index contributed by atoms with van der Waals surface area (Å²) < 4.78 is 15.9. The molecule has 550 valence electrons. The van der Waals surface area contributed by atoms with Gasteiger partial charge in [0.25, 0.3) is 0 Å². The molecule has 15 rings (SSSR count). The topological polar surface area (TPSA) is 265 Å². The van der Waals surface area contributed by atoms with Gasteiger partial charge in [0.15, 0.2) is 0 Å². The van der Waals surface area contributed by atoms with E-state index in [0.717, 1.165) is 104 Å². The van der Waals surface area contributed by atoms with Crippen molar-refractivity contribution in [3.05, 3.63) is 217 Å². The van der Waals surface area contributed by atoms with Crippen LogP contribution in [-0.2, 0) is 33.6 Å². The summed E-state index contributed by atoms with van der Waals surface area (Å²) in [6.45, 7) is 15.1. The Labute approximate surface area is 622 Å². The van der Waals surface area contributed by atoms with Crippen LogP contribution in [-0.4, -0.2) is 157 Å². The van der Waals surface area contributed by atoms with Crippen molar-refractivity contribution in [2.24, 2.45) is 0 Å². The Hall–Kier alpha value is -10.7. The van der Waals surface area contributed by atoms with E-state index < -0.39 is 0 Å². The lowest BCUT2D eigenvalue weighted by Crippen LogP contribution is -2.45. The van der Waals surface area contributed by atoms with Crippen molar-refractivity contribution in [3.63, 3.8) is 0 Å². The molecule has 3 fully saturated rings. The van der Waals surface area contributed by atoms with Crippen molar-refractivity contribution >= 4 is 63.5 Å². The van der Waals surface area contributed by atoms with Crippen molar-refractivity contribution < 1.29 is 18.3 Å². The summed E-state index contributed by atoms with van der Waals surface area (Å²) in [5.74, 6) is 3.71. The van der Waals surface area contributed by atoms with Gasteiger partial charge in [-0.25, -0.2) is 43.5 Å². The number of fused-ring (bicyclic) bond motifs is 3. The number of anilines is 3. The fourth-order valence-electron chi connectivity index (χ4n) is 13.3. The van der Waals surface area contributed by atoms with E-state index in [9.17, 15) is 18.3 Å². The number of aromatic nitrogens is 15. The molecule has 3 saturated heterocycles. The summed E-state index contributed by atoms with van der Waals surface area (Å²) in [4.78, 5) is 84.4. The van der Waals surface area contributed by atoms with Gasteiger partial charge in [0, 0.05) is 163 Å². The first-order valence-corrected chi connectivity index (χ1v) is 36.9. The summed E-state index contributed by atoms with van der Waals surface area (Å²) in [5, 5.41) is 22.9. The maximum Gasteiger partial charge on any atom is 0.228 e. The number of halogens is 1. The summed E-state index contributed by atoms with van der Waals surface area (Å²) in [6.07, 6.45) is 29.7. The molecule has 0 aromatic carbocycles. The molecule has 3 aliphatic heterocycles. The van der Waals surface area contributed by atoms with Gasteiger partial charge in [-0.1, -0.05) is 49.0 Å². The van der Waals surface area contributed by atoms with E-state index in [1.54, 1.807) is 37.2 Å². The largest absolute Gasteiger partial charge is 0.316 e. The van der Waals surface area contributed by atoms with Crippen LogP contribution in [0.25, 0.3) is 50.3 Å². The fraction of sp³-hybridized carbons (Fsp3) is 0.362. The third-order valence-electron chi connectivity index (χ3n) is 19.4. The molecule has 3 aliphatic rings. The van der Waals surface area contributed by atoms with E-state index in [4.69, 9.17) is 15.0 Å². The number of piperidine rings is 3. The van der Waals surface area contributed by atoms with Gasteiger partial charge >= 0.3 is 0 Å². The second-order valence-electron chi connectivity index (χ2n) is 27.4. The summed E-state index contributed by atoms with van der Waals surface area (Å²) in [5.41, 5.74) is 17.8. The average Bonchev–Trinajstić information content (AvgIpc) is 1.56. The number of carbonyl (C=O) groups excluding carboxylic acids is 3. The highest BCUT2D eigenvalue weighted by Gasteiger charge is 2.29. The average molecular weight is 1450 g/mol. The number of amides is 3. The number of nitrogens with one attached hydrogen (secondary N) is 3. The van der Waals surface area contributed by atoms with Crippen LogP contribution in [0.3, 0.4) is 0 Å². The Morgan fingerprint density at radius 2 is 0.708 bits per heavy atom. The van der Waals surface area contributed by atoms with Crippen LogP contribution in [0.4, 0.5) is 20.9 Å². The van der Waals surface area contributed by atoms with Gasteiger partial charge < -0.3 is 30.7 Å². The molecule has 24 nitrogen and oxygen atoms in total. The van der Waals surface area contributed by atoms with Crippen LogP contribution in [0.15, 0.2) is 165 Å². The number of carbonyl (C=O) groups is 3. The summed E-state index contributed by atoms with van der Waals surface area (Å²) >= 11 is 0.250. The van der Waals surface area contributed by atoms with Gasteiger partial charge in [0.05, 0.1) is 107 Å². The van der Waals surface area contributed by atoms with Crippen molar-refractivity contribution in [3.8, 4) is 33.8 Å². The minimum atomic E-state index is 0. The van der Waals surface area contributed by atoms with Gasteiger partial charge in [0.2, 0.25) is 17.7 Å². The van der Waals surface area contributed by atoms with Gasteiger partial charge in [-0.2, -0.15) is 19.2 Å². The van der Waals surface area contributed by atoms with Crippen molar-refractivity contribution in [1.29, 1.82) is 0 Å². The van der Waals surface area contributed by atoms with Crippen LogP contribution >= 0.6 is 12.1 Å². The van der Waals surface area contributed by atoms with Gasteiger partial charge in [-0.3, -0.25) is 29.3 Å². The number of rotatable bonds is 18. The zero-order valence-electron chi connectivity index (χ0n) is 61.1. The second kappa shape index (κ2) is 35.4. The molecule has 12 aromatic heterocycles. The molecule has 26 heteroatoms. The highest BCUT2D eigenvalue weighted by atomic mass is 32.2. The van der Waals surface area contributed by atoms with E-state index in [0.29, 0.717) is 93.4 Å². The minimum Gasteiger partial charge on any atom is -0.316 e. The Bertz CT molecular complexity index is 4460. The summed E-state index contributed by atoms with van der Waals surface area (Å²) in [6, 6.07) is 30.8.